The number of alkyl halides is 2. The molecule has 1 aromatic carbocycles. The molecule has 3 aromatic rings. The van der Waals surface area contributed by atoms with Crippen molar-refractivity contribution in [3.8, 4) is 0 Å². The minimum absolute atomic E-state index is 0.313. The van der Waals surface area contributed by atoms with Gasteiger partial charge in [-0.2, -0.15) is 0 Å². The van der Waals surface area contributed by atoms with E-state index in [1.165, 1.54) is 87.0 Å². The molecule has 6 heteroatoms. The highest BCUT2D eigenvalue weighted by Crippen LogP contribution is 2.43. The Balaban J connectivity index is 1.34. The van der Waals surface area contributed by atoms with Crippen LogP contribution in [0, 0.1) is 0 Å². The van der Waals surface area contributed by atoms with Gasteiger partial charge in [-0.15, -0.1) is 23.2 Å². The van der Waals surface area contributed by atoms with Crippen LogP contribution in [0.1, 0.15) is 162 Å². The van der Waals surface area contributed by atoms with Crippen LogP contribution >= 0.6 is 23.2 Å². The standard InChI is InChI=1S/C34H44Cl2N4/c35-25-15-11-23(12-16-25)33-31(21-7-3-1-4-8-21)37-27-19-28-30(20-29(27)39-33)40-34(24-13-17-26(36)18-14-24)32(38-28)22-9-5-2-6-10-22/h19-26H,1-18H2. The molecule has 0 amide bonds. The second kappa shape index (κ2) is 12.0. The van der Waals surface area contributed by atoms with Crippen LogP contribution < -0.4 is 0 Å². The molecule has 4 nitrogen and oxygen atoms in total. The molecule has 0 N–H and O–H groups in total. The van der Waals surface area contributed by atoms with Gasteiger partial charge in [-0.1, -0.05) is 38.5 Å². The van der Waals surface area contributed by atoms with Gasteiger partial charge in [-0.3, -0.25) is 0 Å². The first-order chi connectivity index (χ1) is 19.6. The lowest BCUT2D eigenvalue weighted by molar-refractivity contribution is 0.410. The van der Waals surface area contributed by atoms with Crippen LogP contribution in [0.2, 0.25) is 0 Å². The van der Waals surface area contributed by atoms with Crippen LogP contribution in [-0.2, 0) is 0 Å². The van der Waals surface area contributed by atoms with Crippen LogP contribution in [0.3, 0.4) is 0 Å². The molecule has 4 fully saturated rings. The molecule has 40 heavy (non-hydrogen) atoms. The van der Waals surface area contributed by atoms with Gasteiger partial charge in [-0.05, 0) is 89.2 Å². The predicted octanol–water partition coefficient (Wildman–Crippen LogP) is 10.2. The number of fused-ring (bicyclic) bond motifs is 2. The summed E-state index contributed by atoms with van der Waals surface area (Å²) in [7, 11) is 0. The summed E-state index contributed by atoms with van der Waals surface area (Å²) in [5.41, 5.74) is 9.06. The lowest BCUT2D eigenvalue weighted by Crippen LogP contribution is -2.19. The highest BCUT2D eigenvalue weighted by molar-refractivity contribution is 6.20. The van der Waals surface area contributed by atoms with Crippen LogP contribution in [0.15, 0.2) is 12.1 Å². The fourth-order valence-electron chi connectivity index (χ4n) is 8.27. The summed E-state index contributed by atoms with van der Waals surface area (Å²) in [6.45, 7) is 0. The maximum Gasteiger partial charge on any atom is 0.0913 e. The molecule has 0 bridgehead atoms. The molecule has 214 valence electrons. The van der Waals surface area contributed by atoms with Crippen molar-refractivity contribution in [1.29, 1.82) is 0 Å². The Kier molecular flexibility index (Phi) is 8.19. The number of rotatable bonds is 4. The molecule has 0 aliphatic heterocycles. The summed E-state index contributed by atoms with van der Waals surface area (Å²) in [5.74, 6) is 2.02. The van der Waals surface area contributed by atoms with E-state index in [0.717, 1.165) is 73.4 Å². The summed E-state index contributed by atoms with van der Waals surface area (Å²) in [6, 6.07) is 4.41. The van der Waals surface area contributed by atoms with E-state index in [1.807, 2.05) is 0 Å². The van der Waals surface area contributed by atoms with E-state index in [9.17, 15) is 0 Å². The van der Waals surface area contributed by atoms with Crippen molar-refractivity contribution >= 4 is 45.3 Å². The topological polar surface area (TPSA) is 51.6 Å². The van der Waals surface area contributed by atoms with Crippen LogP contribution in [0.5, 0.6) is 0 Å². The third-order valence-corrected chi connectivity index (χ3v) is 11.5. The zero-order valence-corrected chi connectivity index (χ0v) is 25.4. The fourth-order valence-corrected chi connectivity index (χ4v) is 8.77. The van der Waals surface area contributed by atoms with Gasteiger partial charge in [0, 0.05) is 34.4 Å². The highest BCUT2D eigenvalue weighted by Gasteiger charge is 2.31. The molecule has 4 aliphatic rings. The lowest BCUT2D eigenvalue weighted by atomic mass is 9.80. The predicted molar refractivity (Wildman–Crippen MR) is 166 cm³/mol. The van der Waals surface area contributed by atoms with Gasteiger partial charge < -0.3 is 0 Å². The van der Waals surface area contributed by atoms with Gasteiger partial charge in [0.05, 0.1) is 44.8 Å². The Labute approximate surface area is 249 Å². The van der Waals surface area contributed by atoms with Crippen LogP contribution in [0.4, 0.5) is 0 Å². The molecule has 0 spiro atoms. The van der Waals surface area contributed by atoms with Crippen LogP contribution in [-0.4, -0.2) is 30.7 Å². The Morgan fingerprint density at radius 2 is 0.650 bits per heavy atom. The first kappa shape index (κ1) is 27.3. The molecule has 2 heterocycles. The molecule has 0 radical (unpaired) electrons. The number of benzene rings is 1. The van der Waals surface area contributed by atoms with Gasteiger partial charge >= 0.3 is 0 Å². The van der Waals surface area contributed by atoms with Crippen molar-refractivity contribution in [3.05, 3.63) is 34.9 Å². The zero-order chi connectivity index (χ0) is 27.1. The second-order valence-corrected chi connectivity index (χ2v) is 14.6. The largest absolute Gasteiger partial charge is 0.249 e. The number of hydrogen-bond acceptors (Lipinski definition) is 4. The summed E-state index contributed by atoms with van der Waals surface area (Å²) < 4.78 is 0. The summed E-state index contributed by atoms with van der Waals surface area (Å²) >= 11 is 13.0. The van der Waals surface area contributed by atoms with Crippen molar-refractivity contribution in [3.63, 3.8) is 0 Å². The molecule has 0 saturated heterocycles. The van der Waals surface area contributed by atoms with E-state index in [0.29, 0.717) is 34.4 Å². The van der Waals surface area contributed by atoms with Gasteiger partial charge in [0.15, 0.2) is 0 Å². The Morgan fingerprint density at radius 3 is 0.950 bits per heavy atom. The third-order valence-electron chi connectivity index (χ3n) is 10.6. The normalized spacial score (nSPS) is 29.2. The van der Waals surface area contributed by atoms with E-state index in [1.54, 1.807) is 0 Å². The minimum atomic E-state index is 0.313. The monoisotopic (exact) mass is 578 g/mol. The molecular formula is C34H44Cl2N4. The molecule has 4 saturated carbocycles. The Hall–Kier alpha value is -1.52. The highest BCUT2D eigenvalue weighted by atomic mass is 35.5. The lowest BCUT2D eigenvalue weighted by Gasteiger charge is -2.30. The maximum atomic E-state index is 6.52. The Morgan fingerprint density at radius 1 is 0.375 bits per heavy atom. The van der Waals surface area contributed by atoms with Crippen molar-refractivity contribution in [2.24, 2.45) is 0 Å². The van der Waals surface area contributed by atoms with Crippen molar-refractivity contribution in [2.75, 3.05) is 0 Å². The van der Waals surface area contributed by atoms with Crippen LogP contribution in [0.25, 0.3) is 22.1 Å². The van der Waals surface area contributed by atoms with Gasteiger partial charge in [0.25, 0.3) is 0 Å². The summed E-state index contributed by atoms with van der Waals surface area (Å²) in [4.78, 5) is 21.7. The quantitative estimate of drug-likeness (QED) is 0.228. The van der Waals surface area contributed by atoms with E-state index in [2.05, 4.69) is 12.1 Å². The van der Waals surface area contributed by atoms with Crippen molar-refractivity contribution < 1.29 is 0 Å². The van der Waals surface area contributed by atoms with E-state index in [-0.39, 0.29) is 0 Å². The first-order valence-corrected chi connectivity index (χ1v) is 17.3. The SMILES string of the molecule is ClC1CCC(c2nc3cc4nc(C5CCC(Cl)CC5)c(C5CCCCC5)nc4cc3nc2C2CCCCC2)CC1. The van der Waals surface area contributed by atoms with Gasteiger partial charge in [0.1, 0.15) is 0 Å². The first-order valence-electron chi connectivity index (χ1n) is 16.4. The van der Waals surface area contributed by atoms with E-state index < -0.39 is 0 Å². The molecule has 2 aromatic heterocycles. The maximum absolute atomic E-state index is 6.52. The summed E-state index contributed by atoms with van der Waals surface area (Å²) in [5, 5.41) is 0.625. The Bertz CT molecular complexity index is 1230. The average molecular weight is 580 g/mol. The molecular weight excluding hydrogens is 535 g/mol. The number of hydrogen-bond donors (Lipinski definition) is 0. The van der Waals surface area contributed by atoms with Crippen molar-refractivity contribution in [2.45, 2.75) is 150 Å². The number of halogens is 2. The zero-order valence-electron chi connectivity index (χ0n) is 23.9. The smallest absolute Gasteiger partial charge is 0.0913 e. The van der Waals surface area contributed by atoms with E-state index >= 15 is 0 Å². The second-order valence-electron chi connectivity index (χ2n) is 13.4. The minimum Gasteiger partial charge on any atom is -0.249 e. The van der Waals surface area contributed by atoms with Gasteiger partial charge in [-0.25, -0.2) is 19.9 Å². The van der Waals surface area contributed by atoms with E-state index in [4.69, 9.17) is 43.1 Å². The molecule has 7 rings (SSSR count). The average Bonchev–Trinajstić information content (AvgIpc) is 3.00. The van der Waals surface area contributed by atoms with Crippen molar-refractivity contribution in [1.82, 2.24) is 19.9 Å². The third kappa shape index (κ3) is 5.61. The fraction of sp³-hybridized carbons (Fsp3) is 0.706. The molecule has 4 aliphatic carbocycles. The number of nitrogens with zero attached hydrogens (tertiary/aromatic N) is 4. The molecule has 0 unspecified atom stereocenters. The van der Waals surface area contributed by atoms with Gasteiger partial charge in [0.2, 0.25) is 0 Å². The summed E-state index contributed by atoms with van der Waals surface area (Å²) in [6.07, 6.45) is 21.7. The molecule has 0 atom stereocenters. The number of aromatic nitrogens is 4.